The van der Waals surface area contributed by atoms with Gasteiger partial charge < -0.3 is 4.57 Å². The Kier molecular flexibility index (Phi) is 9.62. The van der Waals surface area contributed by atoms with Gasteiger partial charge in [0.1, 0.15) is 0 Å². The van der Waals surface area contributed by atoms with Gasteiger partial charge in [-0.2, -0.15) is 0 Å². The fourth-order valence-corrected chi connectivity index (χ4v) is 11.0. The summed E-state index contributed by atoms with van der Waals surface area (Å²) >= 11 is 1.81. The molecule has 0 aliphatic carbocycles. The Morgan fingerprint density at radius 2 is 0.853 bits per heavy atom. The van der Waals surface area contributed by atoms with Crippen LogP contribution in [0.2, 0.25) is 0 Å². The zero-order valence-corrected chi connectivity index (χ0v) is 37.5. The smallest absolute Gasteiger partial charge is 0.166 e. The molecule has 318 valence electrons. The average Bonchev–Trinajstić information content (AvgIpc) is 3.95. The van der Waals surface area contributed by atoms with Gasteiger partial charge in [-0.05, 0) is 64.2 Å². The number of para-hydroxylation sites is 2. The molecule has 0 bridgehead atoms. The molecule has 5 nitrogen and oxygen atoms in total. The minimum absolute atomic E-state index is 0.549. The van der Waals surface area contributed by atoms with Gasteiger partial charge in [-0.1, -0.05) is 194 Å². The van der Waals surface area contributed by atoms with E-state index in [4.69, 9.17) is 19.9 Å². The normalized spacial score (nSPS) is 11.5. The third-order valence-electron chi connectivity index (χ3n) is 12.9. The van der Waals surface area contributed by atoms with Crippen molar-refractivity contribution in [1.82, 2.24) is 24.5 Å². The molecule has 0 N–H and O–H groups in total. The summed E-state index contributed by atoms with van der Waals surface area (Å²) in [5.74, 6) is 1.74. The Bertz CT molecular complexity index is 3880. The maximum Gasteiger partial charge on any atom is 0.166 e. The molecule has 0 saturated heterocycles. The molecule has 0 saturated carbocycles. The number of aromatic nitrogens is 5. The van der Waals surface area contributed by atoms with Crippen LogP contribution in [0.3, 0.4) is 0 Å². The van der Waals surface area contributed by atoms with Crippen LogP contribution in [0.4, 0.5) is 0 Å². The van der Waals surface area contributed by atoms with Gasteiger partial charge in [0.05, 0.1) is 16.7 Å². The first-order valence-electron chi connectivity index (χ1n) is 22.8. The third kappa shape index (κ3) is 6.77. The number of hydrogen-bond donors (Lipinski definition) is 0. The van der Waals surface area contributed by atoms with Crippen LogP contribution in [-0.2, 0) is 0 Å². The van der Waals surface area contributed by atoms with Gasteiger partial charge in [0.15, 0.2) is 17.5 Å². The van der Waals surface area contributed by atoms with Crippen LogP contribution >= 0.6 is 11.3 Å². The standard InChI is InChI=1S/C62H39N5S/c1-6-20-40(21-7-1)46-31-18-32-47(41-22-8-2-9-23-41)57(46)44-36-53(62-65-60(42-24-10-3-11-25-42)64-61(66-62)43-26-12-4-13-27-43)58(63-39-44)50-34-19-33-49-52-37-55-51(38-56(52)68-59(49)50)48-30-16-17-35-54(48)67(55)45-28-14-5-15-29-45/h1-39H. The lowest BCUT2D eigenvalue weighted by Gasteiger charge is -2.18. The number of thiophene rings is 1. The topological polar surface area (TPSA) is 56.5 Å². The lowest BCUT2D eigenvalue weighted by Crippen LogP contribution is -2.02. The van der Waals surface area contributed by atoms with Crippen molar-refractivity contribution >= 4 is 53.3 Å². The zero-order chi connectivity index (χ0) is 45.0. The summed E-state index contributed by atoms with van der Waals surface area (Å²) in [6, 6.07) is 81.2. The van der Waals surface area contributed by atoms with Crippen LogP contribution in [-0.4, -0.2) is 24.5 Å². The van der Waals surface area contributed by atoms with E-state index in [1.165, 1.54) is 37.3 Å². The zero-order valence-electron chi connectivity index (χ0n) is 36.7. The predicted octanol–water partition coefficient (Wildman–Crippen LogP) is 16.4. The Morgan fingerprint density at radius 3 is 1.49 bits per heavy atom. The second kappa shape index (κ2) is 16.5. The summed E-state index contributed by atoms with van der Waals surface area (Å²) in [6.07, 6.45) is 2.04. The molecule has 0 amide bonds. The quantitative estimate of drug-likeness (QED) is 0.153. The summed E-state index contributed by atoms with van der Waals surface area (Å²) in [6.45, 7) is 0. The molecule has 13 aromatic rings. The molecule has 0 unspecified atom stereocenters. The van der Waals surface area contributed by atoms with E-state index < -0.39 is 0 Å². The van der Waals surface area contributed by atoms with E-state index in [2.05, 4.69) is 199 Å². The van der Waals surface area contributed by atoms with E-state index in [1.807, 2.05) is 53.9 Å². The fourth-order valence-electron chi connectivity index (χ4n) is 9.80. The van der Waals surface area contributed by atoms with Crippen molar-refractivity contribution in [3.8, 4) is 84.5 Å². The molecule has 0 fully saturated rings. The van der Waals surface area contributed by atoms with Gasteiger partial charge in [-0.25, -0.2) is 15.0 Å². The maximum atomic E-state index is 5.54. The van der Waals surface area contributed by atoms with Gasteiger partial charge >= 0.3 is 0 Å². The highest BCUT2D eigenvalue weighted by Crippen LogP contribution is 2.47. The molecule has 0 atom stereocenters. The highest BCUT2D eigenvalue weighted by molar-refractivity contribution is 7.26. The summed E-state index contributed by atoms with van der Waals surface area (Å²) in [5, 5.41) is 4.85. The molecule has 0 radical (unpaired) electrons. The lowest BCUT2D eigenvalue weighted by molar-refractivity contribution is 1.07. The summed E-state index contributed by atoms with van der Waals surface area (Å²) in [4.78, 5) is 21.3. The van der Waals surface area contributed by atoms with Crippen molar-refractivity contribution in [1.29, 1.82) is 0 Å². The van der Waals surface area contributed by atoms with Crippen molar-refractivity contribution in [3.05, 3.63) is 237 Å². The Morgan fingerprint density at radius 1 is 0.338 bits per heavy atom. The first kappa shape index (κ1) is 39.5. The van der Waals surface area contributed by atoms with Crippen molar-refractivity contribution in [2.75, 3.05) is 0 Å². The lowest BCUT2D eigenvalue weighted by atomic mass is 9.87. The molecule has 0 aliphatic heterocycles. The van der Waals surface area contributed by atoms with Gasteiger partial charge in [-0.15, -0.1) is 11.3 Å². The van der Waals surface area contributed by atoms with Crippen molar-refractivity contribution < 1.29 is 0 Å². The largest absolute Gasteiger partial charge is 0.309 e. The number of fused-ring (bicyclic) bond motifs is 6. The molecule has 68 heavy (non-hydrogen) atoms. The second-order valence-electron chi connectivity index (χ2n) is 17.0. The molecule has 0 aliphatic rings. The Labute approximate surface area is 397 Å². The summed E-state index contributed by atoms with van der Waals surface area (Å²) in [5.41, 5.74) is 14.5. The monoisotopic (exact) mass is 885 g/mol. The van der Waals surface area contributed by atoms with Crippen LogP contribution < -0.4 is 0 Å². The molecule has 13 rings (SSSR count). The van der Waals surface area contributed by atoms with Crippen LogP contribution in [0.15, 0.2) is 237 Å². The van der Waals surface area contributed by atoms with Crippen LogP contribution in [0, 0.1) is 0 Å². The van der Waals surface area contributed by atoms with Crippen LogP contribution in [0.25, 0.3) is 126 Å². The van der Waals surface area contributed by atoms with E-state index in [0.717, 1.165) is 71.7 Å². The summed E-state index contributed by atoms with van der Waals surface area (Å²) in [7, 11) is 0. The van der Waals surface area contributed by atoms with E-state index in [9.17, 15) is 0 Å². The number of rotatable bonds is 8. The molecular weight excluding hydrogens is 847 g/mol. The fraction of sp³-hybridized carbons (Fsp3) is 0. The van der Waals surface area contributed by atoms with Crippen molar-refractivity contribution in [2.24, 2.45) is 0 Å². The number of pyridine rings is 1. The van der Waals surface area contributed by atoms with E-state index in [-0.39, 0.29) is 0 Å². The van der Waals surface area contributed by atoms with E-state index >= 15 is 0 Å². The number of hydrogen-bond acceptors (Lipinski definition) is 5. The van der Waals surface area contributed by atoms with Crippen molar-refractivity contribution in [2.45, 2.75) is 0 Å². The van der Waals surface area contributed by atoms with Crippen molar-refractivity contribution in [3.63, 3.8) is 0 Å². The number of benzene rings is 9. The van der Waals surface area contributed by atoms with Gasteiger partial charge in [0, 0.05) is 70.6 Å². The highest BCUT2D eigenvalue weighted by atomic mass is 32.1. The Hall–Kier alpha value is -8.84. The minimum Gasteiger partial charge on any atom is -0.309 e. The Balaban J connectivity index is 1.10. The van der Waals surface area contributed by atoms with Gasteiger partial charge in [0.2, 0.25) is 0 Å². The number of nitrogens with zero attached hydrogens (tertiary/aromatic N) is 5. The third-order valence-corrected chi connectivity index (χ3v) is 14.1. The molecule has 4 heterocycles. The van der Waals surface area contributed by atoms with E-state index in [0.29, 0.717) is 17.5 Å². The predicted molar refractivity (Wildman–Crippen MR) is 283 cm³/mol. The molecule has 0 spiro atoms. The van der Waals surface area contributed by atoms with Crippen LogP contribution in [0.5, 0.6) is 0 Å². The van der Waals surface area contributed by atoms with Gasteiger partial charge in [0.25, 0.3) is 0 Å². The molecular formula is C62H39N5S. The summed E-state index contributed by atoms with van der Waals surface area (Å²) < 4.78 is 4.76. The maximum absolute atomic E-state index is 5.54. The minimum atomic E-state index is 0.549. The first-order chi connectivity index (χ1) is 33.7. The second-order valence-corrected chi connectivity index (χ2v) is 18.0. The molecule has 9 aromatic carbocycles. The SMILES string of the molecule is c1ccc(-c2nc(-c3ccccc3)nc(-c3cc(-c4c(-c5ccccc5)cccc4-c4ccccc4)cnc3-c3cccc4c3sc3cc5c6ccccc6n(-c6ccccc6)c5cc34)n2)cc1. The molecule has 4 aromatic heterocycles. The first-order valence-corrected chi connectivity index (χ1v) is 23.6. The van der Waals surface area contributed by atoms with Gasteiger partial charge in [-0.3, -0.25) is 4.98 Å². The molecule has 6 heteroatoms. The van der Waals surface area contributed by atoms with Crippen LogP contribution in [0.1, 0.15) is 0 Å². The highest BCUT2D eigenvalue weighted by Gasteiger charge is 2.24. The average molecular weight is 886 g/mol. The van der Waals surface area contributed by atoms with E-state index in [1.54, 1.807) is 0 Å².